The van der Waals surface area contributed by atoms with Gasteiger partial charge in [-0.3, -0.25) is 14.5 Å². The molecule has 26 heavy (non-hydrogen) atoms. The molecule has 6 nitrogen and oxygen atoms in total. The van der Waals surface area contributed by atoms with E-state index in [-0.39, 0.29) is 18.4 Å². The Labute approximate surface area is 157 Å². The summed E-state index contributed by atoms with van der Waals surface area (Å²) in [6.45, 7) is 4.68. The van der Waals surface area contributed by atoms with Gasteiger partial charge in [-0.05, 0) is 38.2 Å². The van der Waals surface area contributed by atoms with Gasteiger partial charge in [-0.25, -0.2) is 0 Å². The zero-order valence-electron chi connectivity index (χ0n) is 15.1. The quantitative estimate of drug-likeness (QED) is 0.459. The zero-order valence-corrected chi connectivity index (χ0v) is 15.9. The lowest BCUT2D eigenvalue weighted by molar-refractivity contribution is -0.143. The van der Waals surface area contributed by atoms with Crippen LogP contribution < -0.4 is 0 Å². The molecule has 1 fully saturated rings. The molecule has 136 valence electrons. The number of likely N-dealkylation sites (N-methyl/N-ethyl adjacent to an activating group) is 2. The summed E-state index contributed by atoms with van der Waals surface area (Å²) in [5.41, 5.74) is 2.30. The van der Waals surface area contributed by atoms with E-state index in [2.05, 4.69) is 0 Å². The number of thiocarbonyl (C=S) groups is 1. The second-order valence-corrected chi connectivity index (χ2v) is 6.32. The summed E-state index contributed by atoms with van der Waals surface area (Å²) < 4.78 is 6.90. The van der Waals surface area contributed by atoms with Crippen molar-refractivity contribution in [1.82, 2.24) is 14.4 Å². The van der Waals surface area contributed by atoms with Gasteiger partial charge in [-0.2, -0.15) is 0 Å². The van der Waals surface area contributed by atoms with Gasteiger partial charge in [0.2, 0.25) is 0 Å². The maximum atomic E-state index is 12.6. The highest BCUT2D eigenvalue weighted by Gasteiger charge is 2.34. The van der Waals surface area contributed by atoms with E-state index in [1.54, 1.807) is 23.8 Å². The van der Waals surface area contributed by atoms with Crippen LogP contribution in [-0.4, -0.2) is 51.6 Å². The molecule has 1 aliphatic rings. The van der Waals surface area contributed by atoms with Crippen molar-refractivity contribution in [2.45, 2.75) is 20.4 Å². The topological polar surface area (TPSA) is 54.8 Å². The third-order valence-corrected chi connectivity index (χ3v) is 4.87. The van der Waals surface area contributed by atoms with Gasteiger partial charge in [0, 0.05) is 36.3 Å². The molecule has 0 atom stereocenters. The number of para-hydroxylation sites is 1. The fraction of sp³-hybridized carbons (Fsp3) is 0.316. The van der Waals surface area contributed by atoms with Crippen molar-refractivity contribution in [3.8, 4) is 0 Å². The number of fused-ring (bicyclic) bond motifs is 1. The van der Waals surface area contributed by atoms with Crippen LogP contribution in [0, 0.1) is 0 Å². The number of hydrogen-bond acceptors (Lipinski definition) is 4. The summed E-state index contributed by atoms with van der Waals surface area (Å²) >= 11 is 5.34. The van der Waals surface area contributed by atoms with Crippen molar-refractivity contribution in [2.24, 2.45) is 0 Å². The monoisotopic (exact) mass is 371 g/mol. The third-order valence-electron chi connectivity index (χ3n) is 4.38. The fourth-order valence-electron chi connectivity index (χ4n) is 3.10. The van der Waals surface area contributed by atoms with Gasteiger partial charge in [0.1, 0.15) is 12.2 Å². The van der Waals surface area contributed by atoms with Crippen LogP contribution in [0.25, 0.3) is 17.0 Å². The lowest BCUT2D eigenvalue weighted by atomic mass is 10.1. The van der Waals surface area contributed by atoms with E-state index in [0.29, 0.717) is 24.0 Å². The first kappa shape index (κ1) is 18.1. The Hall–Kier alpha value is -2.67. The Morgan fingerprint density at radius 1 is 1.27 bits per heavy atom. The molecule has 0 spiro atoms. The largest absolute Gasteiger partial charge is 0.465 e. The summed E-state index contributed by atoms with van der Waals surface area (Å²) in [5, 5.41) is 1.46. The molecule has 1 aliphatic heterocycles. The molecule has 1 aromatic carbocycles. The maximum Gasteiger partial charge on any atom is 0.325 e. The summed E-state index contributed by atoms with van der Waals surface area (Å²) in [7, 11) is 1.79. The minimum absolute atomic E-state index is 0.109. The molecule has 0 aliphatic carbocycles. The molecule has 2 heterocycles. The van der Waals surface area contributed by atoms with E-state index in [4.69, 9.17) is 17.0 Å². The first-order valence-corrected chi connectivity index (χ1v) is 8.93. The SMILES string of the molecule is CCOC(=O)Cn1cc(/C=C2/C(=O)N(CC)C(=S)N2C)c2ccccc21. The van der Waals surface area contributed by atoms with Gasteiger partial charge >= 0.3 is 5.97 Å². The lowest BCUT2D eigenvalue weighted by Crippen LogP contribution is -2.30. The van der Waals surface area contributed by atoms with Crippen molar-refractivity contribution < 1.29 is 14.3 Å². The molecule has 0 radical (unpaired) electrons. The molecule has 2 aromatic rings. The number of esters is 1. The molecule has 1 saturated heterocycles. The minimum Gasteiger partial charge on any atom is -0.465 e. The van der Waals surface area contributed by atoms with Crippen molar-refractivity contribution >= 4 is 46.2 Å². The number of rotatable bonds is 5. The predicted octanol–water partition coefficient (Wildman–Crippen LogP) is 2.62. The molecule has 0 bridgehead atoms. The second kappa shape index (κ2) is 7.29. The zero-order chi connectivity index (χ0) is 18.8. The van der Waals surface area contributed by atoms with E-state index < -0.39 is 0 Å². The number of ether oxygens (including phenoxy) is 1. The lowest BCUT2D eigenvalue weighted by Gasteiger charge is -2.13. The van der Waals surface area contributed by atoms with Crippen LogP contribution >= 0.6 is 12.2 Å². The molecular formula is C19H21N3O3S. The number of nitrogens with zero attached hydrogens (tertiary/aromatic N) is 3. The first-order valence-electron chi connectivity index (χ1n) is 8.52. The fourth-order valence-corrected chi connectivity index (χ4v) is 3.41. The highest BCUT2D eigenvalue weighted by atomic mass is 32.1. The summed E-state index contributed by atoms with van der Waals surface area (Å²) in [6.07, 6.45) is 3.70. The van der Waals surface area contributed by atoms with E-state index in [1.165, 1.54) is 0 Å². The Balaban J connectivity index is 2.05. The highest BCUT2D eigenvalue weighted by Crippen LogP contribution is 2.27. The van der Waals surface area contributed by atoms with Crippen molar-refractivity contribution in [3.63, 3.8) is 0 Å². The number of carbonyl (C=O) groups excluding carboxylic acids is 2. The van der Waals surface area contributed by atoms with Crippen molar-refractivity contribution in [1.29, 1.82) is 0 Å². The molecule has 1 aromatic heterocycles. The van der Waals surface area contributed by atoms with Gasteiger partial charge in [-0.1, -0.05) is 18.2 Å². The Morgan fingerprint density at radius 3 is 2.65 bits per heavy atom. The van der Waals surface area contributed by atoms with Gasteiger partial charge in [-0.15, -0.1) is 0 Å². The van der Waals surface area contributed by atoms with Crippen LogP contribution in [0.3, 0.4) is 0 Å². The van der Waals surface area contributed by atoms with Crippen molar-refractivity contribution in [3.05, 3.63) is 41.7 Å². The summed E-state index contributed by atoms with van der Waals surface area (Å²) in [4.78, 5) is 27.8. The number of carbonyl (C=O) groups is 2. The average Bonchev–Trinajstić information content (AvgIpc) is 3.06. The smallest absolute Gasteiger partial charge is 0.325 e. The van der Waals surface area contributed by atoms with Crippen LogP contribution in [0.15, 0.2) is 36.2 Å². The van der Waals surface area contributed by atoms with Crippen LogP contribution in [0.1, 0.15) is 19.4 Å². The number of aromatic nitrogens is 1. The van der Waals surface area contributed by atoms with Crippen LogP contribution in [0.2, 0.25) is 0 Å². The van der Waals surface area contributed by atoms with Gasteiger partial charge in [0.25, 0.3) is 5.91 Å². The first-order chi connectivity index (χ1) is 12.5. The van der Waals surface area contributed by atoms with E-state index in [1.807, 2.05) is 48.0 Å². The standard InChI is InChI=1S/C19H21N3O3S/c1-4-22-18(24)16(20(3)19(22)26)10-13-11-21(12-17(23)25-5-2)15-9-7-6-8-14(13)15/h6-11H,4-5,12H2,1-3H3/b16-10-. The van der Waals surface area contributed by atoms with Crippen LogP contribution in [0.5, 0.6) is 0 Å². The Kier molecular flexibility index (Phi) is 5.08. The Morgan fingerprint density at radius 2 is 2.00 bits per heavy atom. The number of hydrogen-bond donors (Lipinski definition) is 0. The van der Waals surface area contributed by atoms with Crippen LogP contribution in [-0.2, 0) is 20.9 Å². The van der Waals surface area contributed by atoms with Gasteiger partial charge < -0.3 is 14.2 Å². The minimum atomic E-state index is -0.292. The van der Waals surface area contributed by atoms with Crippen molar-refractivity contribution in [2.75, 3.05) is 20.2 Å². The second-order valence-electron chi connectivity index (χ2n) is 5.96. The molecule has 0 N–H and O–H groups in total. The molecule has 7 heteroatoms. The Bertz CT molecular complexity index is 916. The molecule has 0 saturated carbocycles. The summed E-state index contributed by atoms with van der Waals surface area (Å²) in [6, 6.07) is 7.77. The van der Waals surface area contributed by atoms with Gasteiger partial charge in [0.05, 0.1) is 6.61 Å². The van der Waals surface area contributed by atoms with E-state index in [0.717, 1.165) is 16.5 Å². The molecule has 3 rings (SSSR count). The molecular weight excluding hydrogens is 350 g/mol. The predicted molar refractivity (Wildman–Crippen MR) is 104 cm³/mol. The molecule has 1 amide bonds. The number of benzene rings is 1. The van der Waals surface area contributed by atoms with E-state index >= 15 is 0 Å². The molecule has 0 unspecified atom stereocenters. The van der Waals surface area contributed by atoms with Gasteiger partial charge in [0.15, 0.2) is 5.11 Å². The third kappa shape index (κ3) is 3.10. The maximum absolute atomic E-state index is 12.6. The number of amides is 1. The van der Waals surface area contributed by atoms with Crippen LogP contribution in [0.4, 0.5) is 0 Å². The normalized spacial score (nSPS) is 16.2. The summed E-state index contributed by atoms with van der Waals surface area (Å²) in [5.74, 6) is -0.401. The average molecular weight is 371 g/mol. The highest BCUT2D eigenvalue weighted by molar-refractivity contribution is 7.80. The van der Waals surface area contributed by atoms with E-state index in [9.17, 15) is 9.59 Å².